The number of primary amides is 1. The lowest BCUT2D eigenvalue weighted by Crippen LogP contribution is -2.59. The van der Waals surface area contributed by atoms with Crippen LogP contribution < -0.4 is 16.8 Å². The molecule has 2 saturated carbocycles. The van der Waals surface area contributed by atoms with Gasteiger partial charge in [-0.2, -0.15) is 0 Å². The van der Waals surface area contributed by atoms with Crippen LogP contribution in [0.15, 0.2) is 0 Å². The zero-order valence-electron chi connectivity index (χ0n) is 23.6. The standard InChI is InChI=1S/C28H50N4O4/c1-8-20(24(35)31-19(21(33)23(30)34)17-18-11-9-12-18)32(25(36)22(29)26(2,3)4)16-15-27(5,6)28(7)13-10-14-28/h18-20,22H,8-17,29H2,1-7H3,(H2,30,34)(H,31,35)/t19?,20-,22+/m0/s1. The number of carbonyl (C=O) groups excluding carboxylic acids is 4. The van der Waals surface area contributed by atoms with Crippen LogP contribution in [0, 0.1) is 22.2 Å². The Labute approximate surface area is 217 Å². The molecule has 2 aliphatic rings. The number of Topliss-reactive ketones (excluding diaryl/α,β-unsaturated/α-hetero) is 1. The fourth-order valence-electron chi connectivity index (χ4n) is 5.33. The molecule has 8 nitrogen and oxygen atoms in total. The number of nitrogens with two attached hydrogens (primary N) is 2. The number of nitrogens with one attached hydrogen (secondary N) is 1. The van der Waals surface area contributed by atoms with E-state index in [1.165, 1.54) is 6.42 Å². The lowest BCUT2D eigenvalue weighted by Gasteiger charge is -2.52. The second-order valence-corrected chi connectivity index (χ2v) is 13.2. The normalized spacial score (nSPS) is 20.3. The molecule has 5 N–H and O–H groups in total. The van der Waals surface area contributed by atoms with E-state index in [9.17, 15) is 19.2 Å². The highest BCUT2D eigenvalue weighted by Crippen LogP contribution is 2.55. The van der Waals surface area contributed by atoms with E-state index >= 15 is 0 Å². The smallest absolute Gasteiger partial charge is 0.287 e. The molecular formula is C28H50N4O4. The summed E-state index contributed by atoms with van der Waals surface area (Å²) in [6.45, 7) is 14.8. The van der Waals surface area contributed by atoms with E-state index in [4.69, 9.17) is 11.5 Å². The van der Waals surface area contributed by atoms with Crippen molar-refractivity contribution in [1.82, 2.24) is 10.2 Å². The number of nitrogens with zero attached hydrogens (tertiary/aromatic N) is 1. The van der Waals surface area contributed by atoms with Crippen molar-refractivity contribution >= 4 is 23.5 Å². The van der Waals surface area contributed by atoms with Crippen molar-refractivity contribution in [2.24, 2.45) is 33.6 Å². The quantitative estimate of drug-likeness (QED) is 0.329. The third kappa shape index (κ3) is 6.87. The van der Waals surface area contributed by atoms with E-state index < -0.39 is 41.1 Å². The zero-order valence-corrected chi connectivity index (χ0v) is 23.6. The molecule has 0 bridgehead atoms. The molecule has 2 aliphatic carbocycles. The van der Waals surface area contributed by atoms with Crippen LogP contribution >= 0.6 is 0 Å². The summed E-state index contributed by atoms with van der Waals surface area (Å²) in [5.41, 5.74) is 11.4. The molecular weight excluding hydrogens is 456 g/mol. The first-order chi connectivity index (χ1) is 16.5. The molecule has 3 atom stereocenters. The van der Waals surface area contributed by atoms with Gasteiger partial charge in [0, 0.05) is 6.54 Å². The van der Waals surface area contributed by atoms with Crippen LogP contribution in [-0.2, 0) is 19.2 Å². The van der Waals surface area contributed by atoms with E-state index in [1.807, 2.05) is 27.7 Å². The van der Waals surface area contributed by atoms with Gasteiger partial charge >= 0.3 is 0 Å². The van der Waals surface area contributed by atoms with E-state index in [0.29, 0.717) is 19.4 Å². The van der Waals surface area contributed by atoms with Gasteiger partial charge in [0.05, 0.1) is 12.1 Å². The first-order valence-corrected chi connectivity index (χ1v) is 13.7. The molecule has 1 unspecified atom stereocenters. The van der Waals surface area contributed by atoms with Gasteiger partial charge < -0.3 is 21.7 Å². The zero-order chi connectivity index (χ0) is 27.5. The Hall–Kier alpha value is -1.96. The maximum Gasteiger partial charge on any atom is 0.287 e. The monoisotopic (exact) mass is 506 g/mol. The molecule has 0 saturated heterocycles. The van der Waals surface area contributed by atoms with Gasteiger partial charge in [-0.3, -0.25) is 19.2 Å². The van der Waals surface area contributed by atoms with Gasteiger partial charge in [0.2, 0.25) is 17.6 Å². The van der Waals surface area contributed by atoms with E-state index in [1.54, 1.807) is 4.90 Å². The average Bonchev–Trinajstić information content (AvgIpc) is 2.73. The molecule has 8 heteroatoms. The summed E-state index contributed by atoms with van der Waals surface area (Å²) >= 11 is 0. The van der Waals surface area contributed by atoms with Crippen LogP contribution in [0.25, 0.3) is 0 Å². The average molecular weight is 507 g/mol. The van der Waals surface area contributed by atoms with Crippen LogP contribution in [0.4, 0.5) is 0 Å². The summed E-state index contributed by atoms with van der Waals surface area (Å²) in [5.74, 6) is -2.25. The number of amides is 3. The molecule has 2 fully saturated rings. The second kappa shape index (κ2) is 11.6. The van der Waals surface area contributed by atoms with E-state index in [0.717, 1.165) is 38.5 Å². The Morgan fingerprint density at radius 3 is 2.03 bits per heavy atom. The second-order valence-electron chi connectivity index (χ2n) is 13.2. The minimum absolute atomic E-state index is 0.0148. The third-order valence-electron chi connectivity index (χ3n) is 9.29. The van der Waals surface area contributed by atoms with Gasteiger partial charge in [0.15, 0.2) is 0 Å². The molecule has 0 aromatic carbocycles. The Morgan fingerprint density at radius 2 is 1.64 bits per heavy atom. The van der Waals surface area contributed by atoms with Crippen molar-refractivity contribution in [3.8, 4) is 0 Å². The summed E-state index contributed by atoms with van der Waals surface area (Å²) < 4.78 is 0. The van der Waals surface area contributed by atoms with Crippen LogP contribution in [0.2, 0.25) is 0 Å². The molecule has 0 aliphatic heterocycles. The van der Waals surface area contributed by atoms with Gasteiger partial charge in [0.1, 0.15) is 6.04 Å². The number of rotatable bonds is 13. The lowest BCUT2D eigenvalue weighted by molar-refractivity contribution is -0.145. The van der Waals surface area contributed by atoms with Crippen molar-refractivity contribution in [1.29, 1.82) is 0 Å². The summed E-state index contributed by atoms with van der Waals surface area (Å²) in [5, 5.41) is 2.79. The fourth-order valence-corrected chi connectivity index (χ4v) is 5.33. The van der Waals surface area contributed by atoms with Crippen molar-refractivity contribution < 1.29 is 19.2 Å². The van der Waals surface area contributed by atoms with Gasteiger partial charge in [-0.15, -0.1) is 0 Å². The van der Waals surface area contributed by atoms with Crippen LogP contribution in [0.3, 0.4) is 0 Å². The van der Waals surface area contributed by atoms with Gasteiger partial charge in [-0.05, 0) is 54.3 Å². The highest BCUT2D eigenvalue weighted by atomic mass is 16.2. The van der Waals surface area contributed by atoms with Crippen molar-refractivity contribution in [2.75, 3.05) is 6.54 Å². The minimum atomic E-state index is -1.05. The molecule has 206 valence electrons. The van der Waals surface area contributed by atoms with Crippen LogP contribution in [0.5, 0.6) is 0 Å². The molecule has 0 heterocycles. The van der Waals surface area contributed by atoms with E-state index in [2.05, 4.69) is 26.1 Å². The molecule has 0 aromatic heterocycles. The van der Waals surface area contributed by atoms with Gasteiger partial charge in [-0.25, -0.2) is 0 Å². The number of hydrogen-bond acceptors (Lipinski definition) is 5. The van der Waals surface area contributed by atoms with Crippen LogP contribution in [-0.4, -0.2) is 53.1 Å². The van der Waals surface area contributed by atoms with Crippen LogP contribution in [0.1, 0.15) is 106 Å². The topological polar surface area (TPSA) is 136 Å². The first kappa shape index (κ1) is 30.3. The highest BCUT2D eigenvalue weighted by molar-refractivity contribution is 6.37. The summed E-state index contributed by atoms with van der Waals surface area (Å²) in [6.07, 6.45) is 8.04. The predicted molar refractivity (Wildman–Crippen MR) is 142 cm³/mol. The number of hydrogen-bond donors (Lipinski definition) is 3. The Balaban J connectivity index is 2.28. The summed E-state index contributed by atoms with van der Waals surface area (Å²) in [6, 6.07) is -2.53. The van der Waals surface area contributed by atoms with Crippen molar-refractivity contribution in [3.05, 3.63) is 0 Å². The molecule has 0 radical (unpaired) electrons. The SMILES string of the molecule is CC[C@@H](C(=O)NC(CC1CCC1)C(=O)C(N)=O)N(CCC(C)(C)C1(C)CCC1)C(=O)[C@@H](N)C(C)(C)C. The lowest BCUT2D eigenvalue weighted by atomic mass is 9.54. The Kier molecular flexibility index (Phi) is 9.76. The highest BCUT2D eigenvalue weighted by Gasteiger charge is 2.46. The Morgan fingerprint density at radius 1 is 1.06 bits per heavy atom. The van der Waals surface area contributed by atoms with Gasteiger partial charge in [0.25, 0.3) is 5.91 Å². The molecule has 0 spiro atoms. The summed E-state index contributed by atoms with van der Waals surface area (Å²) in [7, 11) is 0. The number of carbonyl (C=O) groups is 4. The molecule has 3 amide bonds. The van der Waals surface area contributed by atoms with E-state index in [-0.39, 0.29) is 22.7 Å². The maximum atomic E-state index is 13.7. The van der Waals surface area contributed by atoms with Crippen molar-refractivity contribution in [2.45, 2.75) is 124 Å². The largest absolute Gasteiger partial charge is 0.363 e. The summed E-state index contributed by atoms with van der Waals surface area (Å²) in [4.78, 5) is 53.1. The minimum Gasteiger partial charge on any atom is -0.363 e. The van der Waals surface area contributed by atoms with Crippen molar-refractivity contribution in [3.63, 3.8) is 0 Å². The Bertz CT molecular complexity index is 824. The third-order valence-corrected chi connectivity index (χ3v) is 9.29. The maximum absolute atomic E-state index is 13.7. The number of ketones is 1. The molecule has 36 heavy (non-hydrogen) atoms. The predicted octanol–water partition coefficient (Wildman–Crippen LogP) is 3.30. The molecule has 2 rings (SSSR count). The molecule has 0 aromatic rings. The first-order valence-electron chi connectivity index (χ1n) is 13.7. The van der Waals surface area contributed by atoms with Gasteiger partial charge in [-0.1, -0.05) is 74.1 Å². The fraction of sp³-hybridized carbons (Fsp3) is 0.857.